The average molecular weight is 304 g/mol. The molecule has 2 fully saturated rings. The number of carbonyl (C=O) groups is 1. The fraction of sp³-hybridized carbons (Fsp3) is 0.625. The molecule has 2 aliphatic heterocycles. The third-order valence-corrected chi connectivity index (χ3v) is 4.65. The Balaban J connectivity index is 1.43. The van der Waals surface area contributed by atoms with Gasteiger partial charge in [0.1, 0.15) is 6.61 Å². The third kappa shape index (κ3) is 3.56. The standard InChI is InChI=1S/C16H24N4O2/c1-14(15-3-2-4-17-13-15)19-8-5-18(6-9-19)7-10-20-11-12-22-16(20)21/h2-4,13-14H,5-12H2,1H3. The van der Waals surface area contributed by atoms with Crippen LogP contribution in [0, 0.1) is 0 Å². The van der Waals surface area contributed by atoms with Crippen LogP contribution >= 0.6 is 0 Å². The van der Waals surface area contributed by atoms with Gasteiger partial charge in [0, 0.05) is 57.7 Å². The highest BCUT2D eigenvalue weighted by Crippen LogP contribution is 2.20. The highest BCUT2D eigenvalue weighted by Gasteiger charge is 2.25. The lowest BCUT2D eigenvalue weighted by Crippen LogP contribution is -2.49. The molecular formula is C16H24N4O2. The van der Waals surface area contributed by atoms with Crippen LogP contribution in [0.2, 0.25) is 0 Å². The number of carbonyl (C=O) groups excluding carboxylic acids is 1. The molecule has 6 heteroatoms. The van der Waals surface area contributed by atoms with Gasteiger partial charge in [-0.2, -0.15) is 0 Å². The van der Waals surface area contributed by atoms with Crippen molar-refractivity contribution >= 4 is 6.09 Å². The summed E-state index contributed by atoms with van der Waals surface area (Å²) in [4.78, 5) is 22.3. The summed E-state index contributed by atoms with van der Waals surface area (Å²) in [5, 5.41) is 0. The molecule has 3 heterocycles. The minimum atomic E-state index is -0.163. The molecule has 0 bridgehead atoms. The van der Waals surface area contributed by atoms with Crippen LogP contribution in [0.1, 0.15) is 18.5 Å². The van der Waals surface area contributed by atoms with Gasteiger partial charge in [-0.15, -0.1) is 0 Å². The molecule has 0 aliphatic carbocycles. The van der Waals surface area contributed by atoms with Crippen LogP contribution in [0.15, 0.2) is 24.5 Å². The second-order valence-corrected chi connectivity index (χ2v) is 5.94. The van der Waals surface area contributed by atoms with Crippen molar-refractivity contribution in [3.8, 4) is 0 Å². The van der Waals surface area contributed by atoms with Gasteiger partial charge in [-0.3, -0.25) is 14.8 Å². The molecule has 120 valence electrons. The van der Waals surface area contributed by atoms with Crippen LogP contribution in [0.4, 0.5) is 4.79 Å². The van der Waals surface area contributed by atoms with Crippen LogP contribution < -0.4 is 0 Å². The molecule has 6 nitrogen and oxygen atoms in total. The summed E-state index contributed by atoms with van der Waals surface area (Å²) in [5.41, 5.74) is 1.27. The van der Waals surface area contributed by atoms with Gasteiger partial charge >= 0.3 is 6.09 Å². The monoisotopic (exact) mass is 304 g/mol. The van der Waals surface area contributed by atoms with Gasteiger partial charge < -0.3 is 9.64 Å². The normalized spacial score (nSPS) is 21.9. The fourth-order valence-corrected chi connectivity index (χ4v) is 3.10. The van der Waals surface area contributed by atoms with E-state index in [2.05, 4.69) is 27.8 Å². The van der Waals surface area contributed by atoms with E-state index in [4.69, 9.17) is 4.74 Å². The lowest BCUT2D eigenvalue weighted by Gasteiger charge is -2.38. The largest absolute Gasteiger partial charge is 0.448 e. The van der Waals surface area contributed by atoms with Crippen molar-refractivity contribution in [1.82, 2.24) is 19.7 Å². The van der Waals surface area contributed by atoms with Gasteiger partial charge in [0.2, 0.25) is 0 Å². The molecule has 0 N–H and O–H groups in total. The molecule has 1 aromatic rings. The van der Waals surface area contributed by atoms with E-state index < -0.39 is 0 Å². The zero-order valence-electron chi connectivity index (χ0n) is 13.1. The molecule has 1 atom stereocenters. The molecule has 0 saturated carbocycles. The van der Waals surface area contributed by atoms with Crippen molar-refractivity contribution in [3.63, 3.8) is 0 Å². The predicted molar refractivity (Wildman–Crippen MR) is 83.6 cm³/mol. The van der Waals surface area contributed by atoms with Crippen molar-refractivity contribution in [2.45, 2.75) is 13.0 Å². The van der Waals surface area contributed by atoms with E-state index in [1.54, 1.807) is 4.90 Å². The lowest BCUT2D eigenvalue weighted by molar-refractivity contribution is 0.0957. The smallest absolute Gasteiger partial charge is 0.409 e. The molecular weight excluding hydrogens is 280 g/mol. The quantitative estimate of drug-likeness (QED) is 0.818. The number of rotatable bonds is 5. The average Bonchev–Trinajstić information content (AvgIpc) is 2.99. The maximum Gasteiger partial charge on any atom is 0.409 e. The Morgan fingerprint density at radius 3 is 2.68 bits per heavy atom. The predicted octanol–water partition coefficient (Wildman–Crippen LogP) is 1.21. The van der Waals surface area contributed by atoms with E-state index in [1.807, 2.05) is 18.5 Å². The molecule has 0 spiro atoms. The van der Waals surface area contributed by atoms with E-state index in [9.17, 15) is 4.79 Å². The summed E-state index contributed by atoms with van der Waals surface area (Å²) in [6.45, 7) is 9.43. The van der Waals surface area contributed by atoms with E-state index in [0.717, 1.165) is 45.8 Å². The molecule has 1 unspecified atom stereocenters. The molecule has 0 aromatic carbocycles. The summed E-state index contributed by atoms with van der Waals surface area (Å²) in [5.74, 6) is 0. The van der Waals surface area contributed by atoms with Gasteiger partial charge in [-0.1, -0.05) is 6.07 Å². The van der Waals surface area contributed by atoms with Gasteiger partial charge in [-0.05, 0) is 18.6 Å². The molecule has 1 amide bonds. The van der Waals surface area contributed by atoms with Crippen molar-refractivity contribution in [2.75, 3.05) is 52.4 Å². The van der Waals surface area contributed by atoms with Crippen LogP contribution in [0.25, 0.3) is 0 Å². The topological polar surface area (TPSA) is 48.9 Å². The first-order valence-electron chi connectivity index (χ1n) is 8.02. The highest BCUT2D eigenvalue weighted by molar-refractivity contribution is 5.69. The number of aromatic nitrogens is 1. The van der Waals surface area contributed by atoms with Gasteiger partial charge in [-0.25, -0.2) is 4.79 Å². The summed E-state index contributed by atoms with van der Waals surface area (Å²) < 4.78 is 4.96. The van der Waals surface area contributed by atoms with Gasteiger partial charge in [0.15, 0.2) is 0 Å². The Labute approximate surface area is 131 Å². The van der Waals surface area contributed by atoms with E-state index in [-0.39, 0.29) is 6.09 Å². The Kier molecular flexibility index (Phi) is 4.90. The second kappa shape index (κ2) is 7.07. The molecule has 2 aliphatic rings. The summed E-state index contributed by atoms with van der Waals surface area (Å²) in [7, 11) is 0. The van der Waals surface area contributed by atoms with Gasteiger partial charge in [0.05, 0.1) is 6.54 Å². The first-order valence-corrected chi connectivity index (χ1v) is 8.02. The molecule has 3 rings (SSSR count). The van der Waals surface area contributed by atoms with Crippen LogP contribution in [0.3, 0.4) is 0 Å². The minimum Gasteiger partial charge on any atom is -0.448 e. The van der Waals surface area contributed by atoms with Crippen molar-refractivity contribution in [2.24, 2.45) is 0 Å². The summed E-state index contributed by atoms with van der Waals surface area (Å²) >= 11 is 0. The van der Waals surface area contributed by atoms with Crippen molar-refractivity contribution < 1.29 is 9.53 Å². The number of hydrogen-bond acceptors (Lipinski definition) is 5. The summed E-state index contributed by atoms with van der Waals surface area (Å²) in [6.07, 6.45) is 3.61. The highest BCUT2D eigenvalue weighted by atomic mass is 16.6. The zero-order chi connectivity index (χ0) is 15.4. The Morgan fingerprint density at radius 1 is 1.23 bits per heavy atom. The lowest BCUT2D eigenvalue weighted by atomic mass is 10.1. The number of cyclic esters (lactones) is 1. The Hall–Kier alpha value is -1.66. The molecule has 0 radical (unpaired) electrons. The van der Waals surface area contributed by atoms with Crippen molar-refractivity contribution in [1.29, 1.82) is 0 Å². The Morgan fingerprint density at radius 2 is 2.05 bits per heavy atom. The van der Waals surface area contributed by atoms with Crippen LogP contribution in [-0.2, 0) is 4.74 Å². The van der Waals surface area contributed by atoms with Crippen LogP contribution in [-0.4, -0.2) is 78.2 Å². The van der Waals surface area contributed by atoms with Crippen LogP contribution in [0.5, 0.6) is 0 Å². The number of piperazine rings is 1. The SMILES string of the molecule is CC(c1cccnc1)N1CCN(CCN2CCOC2=O)CC1. The zero-order valence-corrected chi connectivity index (χ0v) is 13.1. The fourth-order valence-electron chi connectivity index (χ4n) is 3.10. The minimum absolute atomic E-state index is 0.163. The van der Waals surface area contributed by atoms with E-state index in [0.29, 0.717) is 12.6 Å². The number of hydrogen-bond donors (Lipinski definition) is 0. The van der Waals surface area contributed by atoms with E-state index >= 15 is 0 Å². The Bertz CT molecular complexity index is 488. The second-order valence-electron chi connectivity index (χ2n) is 5.94. The molecule has 22 heavy (non-hydrogen) atoms. The first-order chi connectivity index (χ1) is 10.7. The summed E-state index contributed by atoms with van der Waals surface area (Å²) in [6, 6.07) is 4.55. The molecule has 1 aromatic heterocycles. The maximum atomic E-state index is 11.4. The van der Waals surface area contributed by atoms with E-state index in [1.165, 1.54) is 5.56 Å². The number of nitrogens with zero attached hydrogens (tertiary/aromatic N) is 4. The maximum absolute atomic E-state index is 11.4. The van der Waals surface area contributed by atoms with Crippen molar-refractivity contribution in [3.05, 3.63) is 30.1 Å². The number of pyridine rings is 1. The van der Waals surface area contributed by atoms with Gasteiger partial charge in [0.25, 0.3) is 0 Å². The molecule has 2 saturated heterocycles. The number of ether oxygens (including phenoxy) is 1. The third-order valence-electron chi connectivity index (χ3n) is 4.65. The number of amides is 1. The first kappa shape index (κ1) is 15.2.